The maximum atomic E-state index is 12.9. The highest BCUT2D eigenvalue weighted by atomic mass is 16.1. The molecule has 118 valence electrons. The third kappa shape index (κ3) is 2.95. The van der Waals surface area contributed by atoms with Gasteiger partial charge in [-0.05, 0) is 38.3 Å². The smallest absolute Gasteiger partial charge is 0.219 e. The zero-order valence-corrected chi connectivity index (χ0v) is 14.2. The summed E-state index contributed by atoms with van der Waals surface area (Å²) in [6.45, 7) is 11.6. The van der Waals surface area contributed by atoms with Crippen LogP contribution in [0.25, 0.3) is 10.9 Å². The highest BCUT2D eigenvalue weighted by molar-refractivity contribution is 6.09. The van der Waals surface area contributed by atoms with Gasteiger partial charge in [0, 0.05) is 22.0 Å². The van der Waals surface area contributed by atoms with E-state index >= 15 is 0 Å². The zero-order valence-electron chi connectivity index (χ0n) is 14.2. The molecule has 1 unspecified atom stereocenters. The second kappa shape index (κ2) is 5.54. The first-order valence-electron chi connectivity index (χ1n) is 8.31. The molecule has 1 aliphatic heterocycles. The number of carbonyl (C=O) groups excluding carboxylic acids is 1. The summed E-state index contributed by atoms with van der Waals surface area (Å²) < 4.78 is 0. The molecule has 2 heterocycles. The average molecular weight is 299 g/mol. The van der Waals surface area contributed by atoms with E-state index in [1.54, 1.807) is 0 Å². The van der Waals surface area contributed by atoms with E-state index in [1.165, 1.54) is 23.3 Å². The highest BCUT2D eigenvalue weighted by Gasteiger charge is 2.31. The molecule has 1 saturated heterocycles. The van der Waals surface area contributed by atoms with Crippen molar-refractivity contribution in [2.24, 2.45) is 5.41 Å². The van der Waals surface area contributed by atoms with Crippen LogP contribution in [0, 0.1) is 19.3 Å². The number of quaternary nitrogens is 1. The van der Waals surface area contributed by atoms with Gasteiger partial charge in [-0.2, -0.15) is 0 Å². The molecule has 1 aromatic heterocycles. The molecular weight excluding hydrogens is 272 g/mol. The van der Waals surface area contributed by atoms with E-state index in [0.717, 1.165) is 35.2 Å². The molecule has 22 heavy (non-hydrogen) atoms. The van der Waals surface area contributed by atoms with Gasteiger partial charge in [-0.25, -0.2) is 0 Å². The molecule has 3 nitrogen and oxygen atoms in total. The van der Waals surface area contributed by atoms with Gasteiger partial charge in [-0.15, -0.1) is 0 Å². The fourth-order valence-electron chi connectivity index (χ4n) is 3.94. The minimum Gasteiger partial charge on any atom is -0.358 e. The van der Waals surface area contributed by atoms with E-state index in [2.05, 4.69) is 44.0 Å². The van der Waals surface area contributed by atoms with Crippen molar-refractivity contribution in [2.75, 3.05) is 19.6 Å². The number of nitrogens with one attached hydrogen (secondary N) is 2. The number of likely N-dealkylation sites (tertiary alicyclic amines) is 1. The maximum Gasteiger partial charge on any atom is 0.219 e. The Bertz CT molecular complexity index is 712. The van der Waals surface area contributed by atoms with Crippen LogP contribution in [-0.2, 0) is 0 Å². The molecule has 3 rings (SSSR count). The molecule has 0 radical (unpaired) electrons. The molecule has 0 bridgehead atoms. The predicted molar refractivity (Wildman–Crippen MR) is 90.7 cm³/mol. The quantitative estimate of drug-likeness (QED) is 0.840. The lowest BCUT2D eigenvalue weighted by atomic mass is 9.84. The number of ketones is 1. The minimum absolute atomic E-state index is 0.278. The molecule has 1 aromatic carbocycles. The largest absolute Gasteiger partial charge is 0.358 e. The average Bonchev–Trinajstić information content (AvgIpc) is 2.72. The molecule has 1 atom stereocenters. The summed E-state index contributed by atoms with van der Waals surface area (Å²) in [7, 11) is 0. The predicted octanol–water partition coefficient (Wildman–Crippen LogP) is 2.67. The van der Waals surface area contributed by atoms with Crippen molar-refractivity contribution in [1.82, 2.24) is 4.98 Å². The van der Waals surface area contributed by atoms with Crippen molar-refractivity contribution in [3.63, 3.8) is 0 Å². The van der Waals surface area contributed by atoms with Crippen LogP contribution in [0.4, 0.5) is 0 Å². The van der Waals surface area contributed by atoms with Gasteiger partial charge in [0.25, 0.3) is 0 Å². The lowest BCUT2D eigenvalue weighted by Crippen LogP contribution is -3.15. The standard InChI is InChI=1S/C19H26N2O/c1-13-6-7-15-16(10-13)20-14(2)18(15)17(22)11-21-9-5-8-19(3,4)12-21/h6-7,10,20H,5,8-9,11-12H2,1-4H3/p+1. The van der Waals surface area contributed by atoms with Crippen LogP contribution in [0.1, 0.15) is 48.3 Å². The van der Waals surface area contributed by atoms with Gasteiger partial charge in [0.2, 0.25) is 5.78 Å². The van der Waals surface area contributed by atoms with Crippen LogP contribution in [0.15, 0.2) is 18.2 Å². The number of piperidine rings is 1. The first kappa shape index (κ1) is 15.3. The van der Waals surface area contributed by atoms with Crippen molar-refractivity contribution in [2.45, 2.75) is 40.5 Å². The summed E-state index contributed by atoms with van der Waals surface area (Å²) in [6, 6.07) is 6.29. The van der Waals surface area contributed by atoms with Gasteiger partial charge < -0.3 is 9.88 Å². The van der Waals surface area contributed by atoms with Crippen molar-refractivity contribution in [3.05, 3.63) is 35.0 Å². The molecule has 0 spiro atoms. The molecule has 1 fully saturated rings. The lowest BCUT2D eigenvalue weighted by Gasteiger charge is -2.34. The fourth-order valence-corrected chi connectivity index (χ4v) is 3.94. The summed E-state index contributed by atoms with van der Waals surface area (Å²) in [5.41, 5.74) is 4.55. The van der Waals surface area contributed by atoms with Gasteiger partial charge in [0.05, 0.1) is 18.7 Å². The van der Waals surface area contributed by atoms with Crippen molar-refractivity contribution >= 4 is 16.7 Å². The van der Waals surface area contributed by atoms with Crippen molar-refractivity contribution in [1.29, 1.82) is 0 Å². The summed E-state index contributed by atoms with van der Waals surface area (Å²) in [5.74, 6) is 0.278. The summed E-state index contributed by atoms with van der Waals surface area (Å²) in [5, 5.41) is 1.07. The van der Waals surface area contributed by atoms with Gasteiger partial charge in [0.1, 0.15) is 6.54 Å². The Balaban J connectivity index is 1.85. The van der Waals surface area contributed by atoms with Crippen LogP contribution in [0.2, 0.25) is 0 Å². The highest BCUT2D eigenvalue weighted by Crippen LogP contribution is 2.24. The number of rotatable bonds is 3. The van der Waals surface area contributed by atoms with E-state index < -0.39 is 0 Å². The molecule has 0 saturated carbocycles. The number of hydrogen-bond donors (Lipinski definition) is 2. The fraction of sp³-hybridized carbons (Fsp3) is 0.526. The Morgan fingerprint density at radius 3 is 2.82 bits per heavy atom. The molecule has 2 N–H and O–H groups in total. The Kier molecular flexibility index (Phi) is 3.85. The van der Waals surface area contributed by atoms with Crippen molar-refractivity contribution < 1.29 is 9.69 Å². The van der Waals surface area contributed by atoms with Gasteiger partial charge >= 0.3 is 0 Å². The number of Topliss-reactive ketones (excluding diaryl/α,β-unsaturated/α-hetero) is 1. The SMILES string of the molecule is Cc1ccc2c(C(=O)C[NH+]3CCCC(C)(C)C3)c(C)[nH]c2c1. The number of H-pyrrole nitrogens is 1. The normalized spacial score (nSPS) is 21.2. The summed E-state index contributed by atoms with van der Waals surface area (Å²) >= 11 is 0. The topological polar surface area (TPSA) is 37.3 Å². The van der Waals surface area contributed by atoms with Crippen LogP contribution in [-0.4, -0.2) is 30.4 Å². The number of hydrogen-bond acceptors (Lipinski definition) is 1. The number of aryl methyl sites for hydroxylation is 2. The first-order chi connectivity index (χ1) is 10.4. The Hall–Kier alpha value is -1.61. The third-order valence-corrected chi connectivity index (χ3v) is 4.94. The Morgan fingerprint density at radius 2 is 2.09 bits per heavy atom. The van der Waals surface area contributed by atoms with Crippen LogP contribution in [0.5, 0.6) is 0 Å². The molecule has 3 heteroatoms. The number of fused-ring (bicyclic) bond motifs is 1. The Morgan fingerprint density at radius 1 is 1.32 bits per heavy atom. The molecule has 0 aliphatic carbocycles. The molecule has 0 amide bonds. The molecular formula is C19H27N2O+. The number of aromatic nitrogens is 1. The zero-order chi connectivity index (χ0) is 15.9. The van der Waals surface area contributed by atoms with E-state index in [4.69, 9.17) is 0 Å². The van der Waals surface area contributed by atoms with Crippen molar-refractivity contribution in [3.8, 4) is 0 Å². The summed E-state index contributed by atoms with van der Waals surface area (Å²) in [4.78, 5) is 17.7. The molecule has 2 aromatic rings. The van der Waals surface area contributed by atoms with Crippen LogP contribution < -0.4 is 4.90 Å². The second-order valence-electron chi connectivity index (χ2n) is 7.72. The van der Waals surface area contributed by atoms with Crippen LogP contribution in [0.3, 0.4) is 0 Å². The van der Waals surface area contributed by atoms with E-state index in [9.17, 15) is 4.79 Å². The Labute approximate surface area is 132 Å². The second-order valence-corrected chi connectivity index (χ2v) is 7.72. The lowest BCUT2D eigenvalue weighted by molar-refractivity contribution is -0.903. The number of benzene rings is 1. The van der Waals surface area contributed by atoms with Gasteiger partial charge in [0.15, 0.2) is 0 Å². The first-order valence-corrected chi connectivity index (χ1v) is 8.31. The third-order valence-electron chi connectivity index (χ3n) is 4.94. The van der Waals surface area contributed by atoms with Gasteiger partial charge in [-0.3, -0.25) is 4.79 Å². The van der Waals surface area contributed by atoms with E-state index in [-0.39, 0.29) is 5.78 Å². The maximum absolute atomic E-state index is 12.9. The monoisotopic (exact) mass is 299 g/mol. The minimum atomic E-state index is 0.278. The number of aromatic amines is 1. The van der Waals surface area contributed by atoms with Gasteiger partial charge in [-0.1, -0.05) is 26.0 Å². The van der Waals surface area contributed by atoms with Crippen LogP contribution >= 0.6 is 0 Å². The van der Waals surface area contributed by atoms with E-state index in [1.807, 2.05) is 6.92 Å². The molecule has 1 aliphatic rings. The summed E-state index contributed by atoms with van der Waals surface area (Å²) in [6.07, 6.45) is 2.50. The number of carbonyl (C=O) groups is 1. The van der Waals surface area contributed by atoms with E-state index in [0.29, 0.717) is 12.0 Å².